The molecule has 1 N–H and O–H groups in total. The smallest absolute Gasteiger partial charge is 0.192 e. The van der Waals surface area contributed by atoms with Gasteiger partial charge in [0, 0.05) is 0 Å². The van der Waals surface area contributed by atoms with E-state index in [1.807, 2.05) is 13.8 Å². The van der Waals surface area contributed by atoms with Crippen LogP contribution in [0.5, 0.6) is 0 Å². The summed E-state index contributed by atoms with van der Waals surface area (Å²) in [4.78, 5) is 0. The second-order valence-corrected chi connectivity index (χ2v) is 12.0. The summed E-state index contributed by atoms with van der Waals surface area (Å²) >= 11 is 0. The molecule has 18 heavy (non-hydrogen) atoms. The number of aliphatic hydroxyl groups excluding tert-OH is 1. The predicted octanol–water partition coefficient (Wildman–Crippen LogP) is 4.36. The summed E-state index contributed by atoms with van der Waals surface area (Å²) in [5.74, 6) is 0.266. The van der Waals surface area contributed by atoms with E-state index in [0.717, 1.165) is 5.57 Å². The highest BCUT2D eigenvalue weighted by molar-refractivity contribution is 6.74. The molecule has 0 heterocycles. The molecule has 0 radical (unpaired) electrons. The molecule has 108 valence electrons. The fourth-order valence-corrected chi connectivity index (χ4v) is 2.78. The van der Waals surface area contributed by atoms with Gasteiger partial charge in [-0.05, 0) is 43.0 Å². The highest BCUT2D eigenvalue weighted by Gasteiger charge is 2.38. The number of hydrogen-bond donors (Lipinski definition) is 1. The van der Waals surface area contributed by atoms with Crippen LogP contribution in [0.3, 0.4) is 0 Å². The van der Waals surface area contributed by atoms with Crippen LogP contribution in [0.2, 0.25) is 18.1 Å². The van der Waals surface area contributed by atoms with E-state index in [4.69, 9.17) is 4.43 Å². The average molecular weight is 273 g/mol. The number of hydrogen-bond acceptors (Lipinski definition) is 2. The Bertz CT molecular complexity index is 277. The lowest BCUT2D eigenvalue weighted by Gasteiger charge is -2.39. The van der Waals surface area contributed by atoms with Crippen molar-refractivity contribution in [2.75, 3.05) is 0 Å². The van der Waals surface area contributed by atoms with Gasteiger partial charge in [-0.15, -0.1) is 0 Å². The Balaban J connectivity index is 4.50. The Hall–Kier alpha value is -0.123. The Labute approximate surface area is 115 Å². The summed E-state index contributed by atoms with van der Waals surface area (Å²) in [5, 5.41) is 10.1. The molecule has 0 aliphatic carbocycles. The van der Waals surface area contributed by atoms with Crippen LogP contribution in [0.4, 0.5) is 0 Å². The number of rotatable bonds is 6. The Kier molecular flexibility index (Phi) is 6.31. The molecule has 0 amide bonds. The third-order valence-electron chi connectivity index (χ3n) is 4.09. The first-order valence-corrected chi connectivity index (χ1v) is 9.83. The maximum absolute atomic E-state index is 9.90. The van der Waals surface area contributed by atoms with Gasteiger partial charge in [0.05, 0.1) is 12.2 Å². The van der Waals surface area contributed by atoms with Crippen LogP contribution >= 0.6 is 0 Å². The van der Waals surface area contributed by atoms with E-state index in [2.05, 4.69) is 47.4 Å². The van der Waals surface area contributed by atoms with Crippen LogP contribution in [-0.2, 0) is 4.43 Å². The van der Waals surface area contributed by atoms with E-state index < -0.39 is 8.32 Å². The van der Waals surface area contributed by atoms with Crippen molar-refractivity contribution >= 4 is 8.32 Å². The minimum Gasteiger partial charge on any atom is -0.411 e. The first kappa shape index (κ1) is 17.9. The average Bonchev–Trinajstić information content (AvgIpc) is 2.14. The zero-order valence-electron chi connectivity index (χ0n) is 13.5. The van der Waals surface area contributed by atoms with E-state index in [9.17, 15) is 5.11 Å². The highest BCUT2D eigenvalue weighted by atomic mass is 28.4. The second kappa shape index (κ2) is 6.35. The minimum atomic E-state index is -1.75. The van der Waals surface area contributed by atoms with Crippen molar-refractivity contribution in [1.29, 1.82) is 0 Å². The molecule has 0 aromatic rings. The lowest BCUT2D eigenvalue weighted by molar-refractivity contribution is 0.116. The molecule has 2 unspecified atom stereocenters. The fraction of sp³-hybridized carbons (Fsp3) is 0.867. The molecule has 0 aliphatic rings. The van der Waals surface area contributed by atoms with Gasteiger partial charge < -0.3 is 9.53 Å². The van der Waals surface area contributed by atoms with Gasteiger partial charge in [0.1, 0.15) is 0 Å². The third kappa shape index (κ3) is 5.25. The molecule has 0 aliphatic heterocycles. The van der Waals surface area contributed by atoms with Crippen molar-refractivity contribution in [3.63, 3.8) is 0 Å². The van der Waals surface area contributed by atoms with E-state index in [-0.39, 0.29) is 23.2 Å². The van der Waals surface area contributed by atoms with E-state index >= 15 is 0 Å². The Morgan fingerprint density at radius 1 is 1.22 bits per heavy atom. The SMILES string of the molecule is C=C(CC(O)C(C)C)C(C)O[Si](C)(C)C(C)(C)C. The predicted molar refractivity (Wildman–Crippen MR) is 82.3 cm³/mol. The van der Waals surface area contributed by atoms with Crippen LogP contribution in [0.1, 0.15) is 48.0 Å². The molecule has 0 fully saturated rings. The summed E-state index contributed by atoms with van der Waals surface area (Å²) < 4.78 is 6.27. The normalized spacial score (nSPS) is 16.8. The van der Waals surface area contributed by atoms with Gasteiger partial charge in [-0.1, -0.05) is 41.2 Å². The molecule has 0 rings (SSSR count). The van der Waals surface area contributed by atoms with Crippen molar-refractivity contribution < 1.29 is 9.53 Å². The standard InChI is InChI=1S/C15H32O2Si/c1-11(2)14(16)10-12(3)13(4)17-18(8,9)15(5,6)7/h11,13-14,16H,3,10H2,1-2,4-9H3. The van der Waals surface area contributed by atoms with E-state index in [1.165, 1.54) is 0 Å². The van der Waals surface area contributed by atoms with E-state index in [0.29, 0.717) is 6.42 Å². The lowest BCUT2D eigenvalue weighted by atomic mass is 9.98. The van der Waals surface area contributed by atoms with Crippen molar-refractivity contribution in [2.24, 2.45) is 5.92 Å². The third-order valence-corrected chi connectivity index (χ3v) is 8.65. The van der Waals surface area contributed by atoms with Crippen molar-refractivity contribution in [1.82, 2.24) is 0 Å². The molecule has 2 nitrogen and oxygen atoms in total. The van der Waals surface area contributed by atoms with Crippen LogP contribution in [0.25, 0.3) is 0 Å². The maximum atomic E-state index is 9.90. The molecule has 0 spiro atoms. The molecule has 3 heteroatoms. The Morgan fingerprint density at radius 3 is 2.00 bits per heavy atom. The summed E-state index contributed by atoms with van der Waals surface area (Å²) in [5.41, 5.74) is 1.00. The van der Waals surface area contributed by atoms with Gasteiger partial charge in [-0.3, -0.25) is 0 Å². The first-order valence-electron chi connectivity index (χ1n) is 6.92. The van der Waals surface area contributed by atoms with Gasteiger partial charge in [0.2, 0.25) is 0 Å². The summed E-state index contributed by atoms with van der Waals surface area (Å²) in [6.07, 6.45) is 0.343. The second-order valence-electron chi connectivity index (χ2n) is 7.19. The molecule has 2 atom stereocenters. The largest absolute Gasteiger partial charge is 0.411 e. The zero-order valence-corrected chi connectivity index (χ0v) is 14.5. The molecule has 0 aromatic heterocycles. The van der Waals surface area contributed by atoms with Crippen LogP contribution in [0, 0.1) is 5.92 Å². The lowest BCUT2D eigenvalue weighted by Crippen LogP contribution is -2.43. The number of aliphatic hydroxyl groups is 1. The minimum absolute atomic E-state index is 0.0271. The Morgan fingerprint density at radius 2 is 1.67 bits per heavy atom. The van der Waals surface area contributed by atoms with Crippen LogP contribution in [0.15, 0.2) is 12.2 Å². The van der Waals surface area contributed by atoms with Crippen molar-refractivity contribution in [2.45, 2.75) is 78.3 Å². The molecule has 0 saturated carbocycles. The molecular formula is C15H32O2Si. The fourth-order valence-electron chi connectivity index (χ4n) is 1.37. The highest BCUT2D eigenvalue weighted by Crippen LogP contribution is 2.38. The summed E-state index contributed by atoms with van der Waals surface area (Å²) in [6.45, 7) is 21.4. The van der Waals surface area contributed by atoms with Crippen LogP contribution < -0.4 is 0 Å². The monoisotopic (exact) mass is 272 g/mol. The molecule has 0 saturated heterocycles. The van der Waals surface area contributed by atoms with Gasteiger partial charge >= 0.3 is 0 Å². The quantitative estimate of drug-likeness (QED) is 0.575. The first-order chi connectivity index (χ1) is 7.88. The maximum Gasteiger partial charge on any atom is 0.192 e. The van der Waals surface area contributed by atoms with Crippen LogP contribution in [-0.4, -0.2) is 25.6 Å². The van der Waals surface area contributed by atoms with Gasteiger partial charge in [-0.25, -0.2) is 0 Å². The molecular weight excluding hydrogens is 240 g/mol. The topological polar surface area (TPSA) is 29.5 Å². The van der Waals surface area contributed by atoms with Crippen molar-refractivity contribution in [3.8, 4) is 0 Å². The zero-order chi connectivity index (χ0) is 14.7. The van der Waals surface area contributed by atoms with Crippen molar-refractivity contribution in [3.05, 3.63) is 12.2 Å². The van der Waals surface area contributed by atoms with E-state index in [1.54, 1.807) is 0 Å². The summed E-state index contributed by atoms with van der Waals surface area (Å²) in [6, 6.07) is 0. The van der Waals surface area contributed by atoms with Gasteiger partial charge in [0.15, 0.2) is 8.32 Å². The summed E-state index contributed by atoms with van der Waals surface area (Å²) in [7, 11) is -1.75. The van der Waals surface area contributed by atoms with Gasteiger partial charge in [-0.2, -0.15) is 0 Å². The molecule has 0 aromatic carbocycles. The molecule has 0 bridgehead atoms. The van der Waals surface area contributed by atoms with Gasteiger partial charge in [0.25, 0.3) is 0 Å².